The first-order chi connectivity index (χ1) is 13.2. The summed E-state index contributed by atoms with van der Waals surface area (Å²) in [5.74, 6) is 1.29. The monoisotopic (exact) mass is 363 g/mol. The Kier molecular flexibility index (Phi) is 3.89. The number of carbonyl (C=O) groups is 1. The fourth-order valence-electron chi connectivity index (χ4n) is 3.70. The van der Waals surface area contributed by atoms with Gasteiger partial charge < -0.3 is 9.64 Å². The van der Waals surface area contributed by atoms with Crippen LogP contribution in [-0.4, -0.2) is 50.1 Å². The lowest BCUT2D eigenvalue weighted by Crippen LogP contribution is -2.42. The molecule has 1 unspecified atom stereocenters. The number of aryl methyl sites for hydroxylation is 1. The van der Waals surface area contributed by atoms with Crippen LogP contribution in [-0.2, 0) is 4.74 Å². The quantitative estimate of drug-likeness (QED) is 0.715. The summed E-state index contributed by atoms with van der Waals surface area (Å²) in [6.45, 7) is 3.49. The first-order valence-corrected chi connectivity index (χ1v) is 9.37. The Labute approximate surface area is 157 Å². The Morgan fingerprint density at radius 3 is 2.81 bits per heavy atom. The Balaban J connectivity index is 1.38. The van der Waals surface area contributed by atoms with Gasteiger partial charge in [0.1, 0.15) is 12.4 Å². The fraction of sp³-hybridized carbons (Fsp3) is 0.400. The molecule has 0 bridgehead atoms. The smallest absolute Gasteiger partial charge is 0.254 e. The second kappa shape index (κ2) is 6.42. The Morgan fingerprint density at radius 2 is 2.04 bits per heavy atom. The van der Waals surface area contributed by atoms with Gasteiger partial charge in [0, 0.05) is 17.8 Å². The summed E-state index contributed by atoms with van der Waals surface area (Å²) < 4.78 is 7.65. The van der Waals surface area contributed by atoms with E-state index < -0.39 is 0 Å². The molecule has 0 radical (unpaired) electrons. The average molecular weight is 363 g/mol. The molecule has 1 saturated carbocycles. The van der Waals surface area contributed by atoms with E-state index >= 15 is 0 Å². The van der Waals surface area contributed by atoms with Gasteiger partial charge in [0.25, 0.3) is 11.7 Å². The Bertz CT molecular complexity index is 993. The molecule has 1 saturated heterocycles. The molecule has 3 heterocycles. The Hall–Kier alpha value is -2.80. The van der Waals surface area contributed by atoms with Crippen molar-refractivity contribution >= 4 is 11.7 Å². The molecule has 2 aromatic heterocycles. The number of ether oxygens (including phenoxy) is 1. The van der Waals surface area contributed by atoms with Gasteiger partial charge in [0.15, 0.2) is 0 Å². The minimum absolute atomic E-state index is 0.0475. The fourth-order valence-corrected chi connectivity index (χ4v) is 3.70. The molecule has 7 heteroatoms. The molecular formula is C20H21N5O2. The number of hydrogen-bond donors (Lipinski definition) is 0. The molecule has 1 amide bonds. The van der Waals surface area contributed by atoms with Gasteiger partial charge in [-0.1, -0.05) is 12.1 Å². The van der Waals surface area contributed by atoms with Crippen molar-refractivity contribution in [3.05, 3.63) is 59.2 Å². The number of rotatable bonds is 3. The third-order valence-electron chi connectivity index (χ3n) is 5.30. The minimum Gasteiger partial charge on any atom is -0.368 e. The molecule has 3 aromatic rings. The van der Waals surface area contributed by atoms with Crippen molar-refractivity contribution in [1.82, 2.24) is 24.5 Å². The molecule has 27 heavy (non-hydrogen) atoms. The zero-order valence-electron chi connectivity index (χ0n) is 15.2. The minimum atomic E-state index is -0.251. The third-order valence-corrected chi connectivity index (χ3v) is 5.30. The van der Waals surface area contributed by atoms with Gasteiger partial charge in [0.05, 0.1) is 18.8 Å². The first-order valence-electron chi connectivity index (χ1n) is 9.37. The zero-order valence-corrected chi connectivity index (χ0v) is 15.2. The number of morpholine rings is 1. The lowest BCUT2D eigenvalue weighted by atomic mass is 10.1. The summed E-state index contributed by atoms with van der Waals surface area (Å²) in [5.41, 5.74) is 3.80. The number of amides is 1. The largest absolute Gasteiger partial charge is 0.368 e. The first kappa shape index (κ1) is 16.4. The van der Waals surface area contributed by atoms with Crippen LogP contribution in [0.2, 0.25) is 0 Å². The van der Waals surface area contributed by atoms with E-state index in [1.165, 1.54) is 24.7 Å². The summed E-state index contributed by atoms with van der Waals surface area (Å²) in [7, 11) is 0. The van der Waals surface area contributed by atoms with Gasteiger partial charge in [-0.05, 0) is 49.4 Å². The second-order valence-electron chi connectivity index (χ2n) is 7.30. The van der Waals surface area contributed by atoms with E-state index in [1.54, 1.807) is 4.52 Å². The average Bonchev–Trinajstić information content (AvgIpc) is 3.45. The molecule has 1 aromatic carbocycles. The highest BCUT2D eigenvalue weighted by Crippen LogP contribution is 2.40. The molecule has 0 N–H and O–H groups in total. The van der Waals surface area contributed by atoms with E-state index in [-0.39, 0.29) is 12.0 Å². The zero-order chi connectivity index (χ0) is 18.4. The van der Waals surface area contributed by atoms with Crippen LogP contribution in [0, 0.1) is 6.92 Å². The van der Waals surface area contributed by atoms with Gasteiger partial charge in [-0.3, -0.25) is 4.79 Å². The predicted molar refractivity (Wildman–Crippen MR) is 98.5 cm³/mol. The molecule has 2 aliphatic rings. The summed E-state index contributed by atoms with van der Waals surface area (Å²) in [5, 5.41) is 4.25. The number of nitrogens with zero attached hydrogens (tertiary/aromatic N) is 5. The lowest BCUT2D eigenvalue weighted by molar-refractivity contribution is -0.0257. The lowest BCUT2D eigenvalue weighted by Gasteiger charge is -2.33. The van der Waals surface area contributed by atoms with Gasteiger partial charge in [-0.15, -0.1) is 0 Å². The van der Waals surface area contributed by atoms with E-state index in [2.05, 4.69) is 27.2 Å². The van der Waals surface area contributed by atoms with Gasteiger partial charge in [-0.25, -0.2) is 4.98 Å². The van der Waals surface area contributed by atoms with E-state index in [4.69, 9.17) is 4.74 Å². The number of hydrogen-bond acceptors (Lipinski definition) is 5. The number of aromatic nitrogens is 4. The van der Waals surface area contributed by atoms with Crippen molar-refractivity contribution in [1.29, 1.82) is 0 Å². The highest BCUT2D eigenvalue weighted by molar-refractivity contribution is 5.94. The topological polar surface area (TPSA) is 72.6 Å². The van der Waals surface area contributed by atoms with Gasteiger partial charge >= 0.3 is 0 Å². The summed E-state index contributed by atoms with van der Waals surface area (Å²) in [4.78, 5) is 23.4. The van der Waals surface area contributed by atoms with Gasteiger partial charge in [0.2, 0.25) is 0 Å². The highest BCUT2D eigenvalue weighted by Gasteiger charge is 2.29. The highest BCUT2D eigenvalue weighted by atomic mass is 16.5. The third kappa shape index (κ3) is 3.08. The molecule has 0 spiro atoms. The molecule has 138 valence electrons. The maximum atomic E-state index is 13.0. The van der Waals surface area contributed by atoms with Crippen LogP contribution in [0.15, 0.2) is 36.7 Å². The van der Waals surface area contributed by atoms with Crippen LogP contribution in [0.25, 0.3) is 5.78 Å². The number of carbonyl (C=O) groups excluding carboxylic acids is 1. The van der Waals surface area contributed by atoms with Crippen molar-refractivity contribution in [3.8, 4) is 0 Å². The molecule has 2 fully saturated rings. The van der Waals surface area contributed by atoms with Crippen LogP contribution in [0.5, 0.6) is 0 Å². The van der Waals surface area contributed by atoms with Crippen LogP contribution >= 0.6 is 0 Å². The van der Waals surface area contributed by atoms with E-state index in [9.17, 15) is 4.79 Å². The summed E-state index contributed by atoms with van der Waals surface area (Å²) in [6, 6.07) is 10.0. The Morgan fingerprint density at radius 1 is 1.22 bits per heavy atom. The van der Waals surface area contributed by atoms with Crippen LogP contribution in [0.1, 0.15) is 52.2 Å². The van der Waals surface area contributed by atoms with E-state index in [0.29, 0.717) is 31.4 Å². The predicted octanol–water partition coefficient (Wildman–Crippen LogP) is 2.52. The van der Waals surface area contributed by atoms with Crippen molar-refractivity contribution < 1.29 is 9.53 Å². The van der Waals surface area contributed by atoms with E-state index in [1.807, 2.05) is 30.0 Å². The van der Waals surface area contributed by atoms with Crippen molar-refractivity contribution in [2.45, 2.75) is 31.8 Å². The molecule has 7 nitrogen and oxygen atoms in total. The van der Waals surface area contributed by atoms with Gasteiger partial charge in [-0.2, -0.15) is 14.6 Å². The maximum Gasteiger partial charge on any atom is 0.254 e. The molecular weight excluding hydrogens is 342 g/mol. The maximum absolute atomic E-state index is 13.0. The van der Waals surface area contributed by atoms with Crippen molar-refractivity contribution in [2.24, 2.45) is 0 Å². The van der Waals surface area contributed by atoms with Crippen LogP contribution in [0.3, 0.4) is 0 Å². The standard InChI is InChI=1S/C20H21N5O2/c1-13-10-17(25-20(23-13)21-12-22-25)18-11-24(8-9-27-18)19(26)16-6-4-15(5-7-16)14-2-3-14/h4-7,10,12,14,18H,2-3,8-9,11H2,1H3. The van der Waals surface area contributed by atoms with Crippen LogP contribution < -0.4 is 0 Å². The number of benzene rings is 1. The van der Waals surface area contributed by atoms with Crippen LogP contribution in [0.4, 0.5) is 0 Å². The molecule has 1 aliphatic heterocycles. The summed E-state index contributed by atoms with van der Waals surface area (Å²) >= 11 is 0. The summed E-state index contributed by atoms with van der Waals surface area (Å²) in [6.07, 6.45) is 3.76. The molecule has 1 aliphatic carbocycles. The molecule has 5 rings (SSSR count). The SMILES string of the molecule is Cc1cc(C2CN(C(=O)c3ccc(C4CC4)cc3)CCO2)n2ncnc2n1. The van der Waals surface area contributed by atoms with Crippen molar-refractivity contribution in [2.75, 3.05) is 19.7 Å². The van der Waals surface area contributed by atoms with Crippen molar-refractivity contribution in [3.63, 3.8) is 0 Å². The second-order valence-corrected chi connectivity index (χ2v) is 7.30. The number of fused-ring (bicyclic) bond motifs is 1. The van der Waals surface area contributed by atoms with E-state index in [0.717, 1.165) is 17.0 Å². The normalized spacial score (nSPS) is 20.2. The molecule has 1 atom stereocenters.